The maximum atomic E-state index is 5.77. The molecule has 0 saturated heterocycles. The Bertz CT molecular complexity index is 706. The first-order chi connectivity index (χ1) is 9.24. The molecule has 0 spiro atoms. The van der Waals surface area contributed by atoms with Crippen molar-refractivity contribution in [2.24, 2.45) is 7.05 Å². The lowest BCUT2D eigenvalue weighted by molar-refractivity contribution is 0.970. The van der Waals surface area contributed by atoms with Crippen LogP contribution in [0, 0.1) is 0 Å². The van der Waals surface area contributed by atoms with Crippen molar-refractivity contribution < 1.29 is 0 Å². The maximum Gasteiger partial charge on any atom is 0.129 e. The van der Waals surface area contributed by atoms with E-state index in [1.54, 1.807) is 12.3 Å². The highest BCUT2D eigenvalue weighted by atomic mass is 35.5. The topological polar surface area (TPSA) is 29.9 Å². The number of anilines is 1. The number of fused-ring (bicyclic) bond motifs is 1. The largest absolute Gasteiger partial charge is 0.349 e. The van der Waals surface area contributed by atoms with Gasteiger partial charge in [-0.2, -0.15) is 0 Å². The van der Waals surface area contributed by atoms with E-state index in [1.165, 1.54) is 22.9 Å². The van der Waals surface area contributed by atoms with Gasteiger partial charge < -0.3 is 9.29 Å². The van der Waals surface area contributed by atoms with Crippen molar-refractivity contribution in [1.82, 2.24) is 9.55 Å². The van der Waals surface area contributed by atoms with Crippen molar-refractivity contribution >= 4 is 40.1 Å². The van der Waals surface area contributed by atoms with E-state index in [-0.39, 0.29) is 0 Å². The predicted octanol–water partition coefficient (Wildman–Crippen LogP) is 4.35. The van der Waals surface area contributed by atoms with Crippen molar-refractivity contribution in [3.8, 4) is 0 Å². The summed E-state index contributed by atoms with van der Waals surface area (Å²) in [5.41, 5.74) is 2.28. The van der Waals surface area contributed by atoms with Crippen LogP contribution in [0.1, 0.15) is 0 Å². The maximum absolute atomic E-state index is 5.77. The molecule has 2 heterocycles. The number of halogens is 1. The molecule has 3 rings (SSSR count). The third kappa shape index (κ3) is 2.55. The number of benzene rings is 1. The normalized spacial score (nSPS) is 10.8. The number of nitrogens with one attached hydrogen (secondary N) is 1. The molecule has 3 nitrogen and oxygen atoms in total. The highest BCUT2D eigenvalue weighted by Crippen LogP contribution is 2.28. The Balaban J connectivity index is 1.85. The van der Waals surface area contributed by atoms with Crippen LogP contribution in [0.2, 0.25) is 5.15 Å². The van der Waals surface area contributed by atoms with E-state index in [4.69, 9.17) is 11.6 Å². The number of para-hydroxylation sites is 1. The number of rotatable bonds is 3. The molecular weight excluding hydrogens is 278 g/mol. The Labute approximate surface area is 120 Å². The minimum Gasteiger partial charge on any atom is -0.349 e. The molecule has 0 unspecified atom stereocenters. The van der Waals surface area contributed by atoms with Gasteiger partial charge in [-0.3, -0.25) is 0 Å². The summed E-state index contributed by atoms with van der Waals surface area (Å²) in [5, 5.41) is 1.73. The van der Waals surface area contributed by atoms with Crippen molar-refractivity contribution in [3.05, 3.63) is 53.9 Å². The van der Waals surface area contributed by atoms with Crippen LogP contribution in [-0.2, 0) is 7.05 Å². The molecule has 0 radical (unpaired) electrons. The van der Waals surface area contributed by atoms with Gasteiger partial charge >= 0.3 is 0 Å². The molecule has 3 aromatic rings. The third-order valence-corrected chi connectivity index (χ3v) is 3.90. The van der Waals surface area contributed by atoms with Crippen LogP contribution in [0.5, 0.6) is 0 Å². The number of hydrogen-bond acceptors (Lipinski definition) is 3. The molecule has 1 N–H and O–H groups in total. The van der Waals surface area contributed by atoms with Gasteiger partial charge in [0.1, 0.15) is 5.15 Å². The van der Waals surface area contributed by atoms with Gasteiger partial charge in [0.2, 0.25) is 0 Å². The highest BCUT2D eigenvalue weighted by Gasteiger charge is 2.04. The summed E-state index contributed by atoms with van der Waals surface area (Å²) < 4.78 is 5.47. The van der Waals surface area contributed by atoms with E-state index in [0.29, 0.717) is 5.15 Å². The van der Waals surface area contributed by atoms with Crippen LogP contribution in [-0.4, -0.2) is 9.55 Å². The molecule has 2 aromatic heterocycles. The SMILES string of the molecule is Cn1ccc2cccc(NSc3ccc(Cl)nc3)c21. The molecule has 0 fully saturated rings. The molecule has 0 bridgehead atoms. The number of hydrogen-bond donors (Lipinski definition) is 1. The molecule has 0 atom stereocenters. The molecule has 0 aliphatic heterocycles. The van der Waals surface area contributed by atoms with E-state index in [9.17, 15) is 0 Å². The van der Waals surface area contributed by atoms with Crippen LogP contribution in [0.25, 0.3) is 10.9 Å². The summed E-state index contributed by atoms with van der Waals surface area (Å²) in [6.07, 6.45) is 3.81. The Morgan fingerprint density at radius 3 is 2.89 bits per heavy atom. The molecule has 19 heavy (non-hydrogen) atoms. The minimum absolute atomic E-state index is 0.508. The lowest BCUT2D eigenvalue weighted by Crippen LogP contribution is -1.92. The zero-order valence-electron chi connectivity index (χ0n) is 10.3. The van der Waals surface area contributed by atoms with Gasteiger partial charge in [0.25, 0.3) is 0 Å². The molecule has 0 aliphatic rings. The molecule has 0 saturated carbocycles. The van der Waals surface area contributed by atoms with Gasteiger partial charge in [-0.25, -0.2) is 4.98 Å². The number of pyridine rings is 1. The monoisotopic (exact) mass is 289 g/mol. The fourth-order valence-electron chi connectivity index (χ4n) is 1.98. The van der Waals surface area contributed by atoms with Crippen LogP contribution in [0.4, 0.5) is 5.69 Å². The summed E-state index contributed by atoms with van der Waals surface area (Å²) >= 11 is 7.29. The zero-order valence-corrected chi connectivity index (χ0v) is 11.9. The van der Waals surface area contributed by atoms with Gasteiger partial charge in [-0.15, -0.1) is 0 Å². The van der Waals surface area contributed by atoms with Gasteiger partial charge in [0.15, 0.2) is 0 Å². The average molecular weight is 290 g/mol. The average Bonchev–Trinajstić information content (AvgIpc) is 2.81. The fourth-order valence-corrected chi connectivity index (χ4v) is 2.72. The Hall–Kier alpha value is -1.65. The Morgan fingerprint density at radius 1 is 1.21 bits per heavy atom. The minimum atomic E-state index is 0.508. The molecule has 96 valence electrons. The Kier molecular flexibility index (Phi) is 3.36. The van der Waals surface area contributed by atoms with Crippen molar-refractivity contribution in [2.75, 3.05) is 4.72 Å². The Morgan fingerprint density at radius 2 is 2.11 bits per heavy atom. The first kappa shape index (κ1) is 12.4. The fraction of sp³-hybridized carbons (Fsp3) is 0.0714. The number of nitrogens with zero attached hydrogens (tertiary/aromatic N) is 2. The lowest BCUT2D eigenvalue weighted by atomic mass is 10.2. The molecular formula is C14H12ClN3S. The summed E-state index contributed by atoms with van der Waals surface area (Å²) in [6.45, 7) is 0. The highest BCUT2D eigenvalue weighted by molar-refractivity contribution is 8.00. The zero-order chi connectivity index (χ0) is 13.2. The van der Waals surface area contributed by atoms with Gasteiger partial charge in [0.05, 0.1) is 11.2 Å². The van der Waals surface area contributed by atoms with Crippen molar-refractivity contribution in [2.45, 2.75) is 4.90 Å². The van der Waals surface area contributed by atoms with Gasteiger partial charge in [0, 0.05) is 29.7 Å². The molecule has 5 heteroatoms. The summed E-state index contributed by atoms with van der Waals surface area (Å²) in [6, 6.07) is 12.1. The predicted molar refractivity (Wildman–Crippen MR) is 81.6 cm³/mol. The van der Waals surface area contributed by atoms with Crippen LogP contribution in [0.15, 0.2) is 53.7 Å². The second kappa shape index (κ2) is 5.15. The first-order valence-corrected chi connectivity index (χ1v) is 7.02. The summed E-state index contributed by atoms with van der Waals surface area (Å²) in [5.74, 6) is 0. The number of aromatic nitrogens is 2. The van der Waals surface area contributed by atoms with Crippen LogP contribution < -0.4 is 4.72 Å². The second-order valence-electron chi connectivity index (χ2n) is 4.19. The van der Waals surface area contributed by atoms with Crippen LogP contribution in [0.3, 0.4) is 0 Å². The van der Waals surface area contributed by atoms with E-state index >= 15 is 0 Å². The van der Waals surface area contributed by atoms with E-state index in [1.807, 2.05) is 19.2 Å². The summed E-state index contributed by atoms with van der Waals surface area (Å²) in [7, 11) is 2.04. The van der Waals surface area contributed by atoms with E-state index < -0.39 is 0 Å². The summed E-state index contributed by atoms with van der Waals surface area (Å²) in [4.78, 5) is 5.08. The molecule has 0 amide bonds. The van der Waals surface area contributed by atoms with Gasteiger partial charge in [-0.05, 0) is 36.2 Å². The quantitative estimate of drug-likeness (QED) is 0.574. The van der Waals surface area contributed by atoms with Gasteiger partial charge in [-0.1, -0.05) is 23.7 Å². The smallest absolute Gasteiger partial charge is 0.129 e. The molecule has 1 aromatic carbocycles. The van der Waals surface area contributed by atoms with Crippen molar-refractivity contribution in [3.63, 3.8) is 0 Å². The second-order valence-corrected chi connectivity index (χ2v) is 5.46. The van der Waals surface area contributed by atoms with E-state index in [0.717, 1.165) is 10.6 Å². The van der Waals surface area contributed by atoms with E-state index in [2.05, 4.69) is 38.7 Å². The lowest BCUT2D eigenvalue weighted by Gasteiger charge is -2.08. The molecule has 0 aliphatic carbocycles. The number of aryl methyl sites for hydroxylation is 1. The third-order valence-electron chi connectivity index (χ3n) is 2.88. The standard InChI is InChI=1S/C14H12ClN3S/c1-18-8-7-10-3-2-4-12(14(10)18)17-19-11-5-6-13(15)16-9-11/h2-9,17H,1H3. The first-order valence-electron chi connectivity index (χ1n) is 5.82. The van der Waals surface area contributed by atoms with Crippen molar-refractivity contribution in [1.29, 1.82) is 0 Å². The van der Waals surface area contributed by atoms with Crippen LogP contribution >= 0.6 is 23.5 Å².